The number of imidazole rings is 1. The number of carbonyl (C=O) groups excluding carboxylic acids is 1. The van der Waals surface area contributed by atoms with Crippen LogP contribution in [0.1, 0.15) is 5.69 Å². The molecule has 3 heterocycles. The molecule has 3 rings (SSSR count). The van der Waals surface area contributed by atoms with E-state index in [-0.39, 0.29) is 21.9 Å². The molecule has 0 aliphatic carbocycles. The molecule has 0 saturated heterocycles. The Bertz CT molecular complexity index is 1060. The molecule has 25 heavy (non-hydrogen) atoms. The van der Waals surface area contributed by atoms with E-state index in [4.69, 9.17) is 16.3 Å². The van der Waals surface area contributed by atoms with Crippen LogP contribution in [0.15, 0.2) is 16.6 Å². The van der Waals surface area contributed by atoms with Crippen molar-refractivity contribution in [1.82, 2.24) is 29.3 Å². The van der Waals surface area contributed by atoms with Crippen molar-refractivity contribution in [1.29, 1.82) is 0 Å². The highest BCUT2D eigenvalue weighted by atomic mass is 35.5. The highest BCUT2D eigenvalue weighted by Gasteiger charge is 2.28. The fourth-order valence-electron chi connectivity index (χ4n) is 1.87. The van der Waals surface area contributed by atoms with Gasteiger partial charge in [0.2, 0.25) is 21.8 Å². The van der Waals surface area contributed by atoms with Crippen molar-refractivity contribution < 1.29 is 17.9 Å². The minimum atomic E-state index is -4.33. The lowest BCUT2D eigenvalue weighted by molar-refractivity contribution is 0.256. The molecular weight excluding hydrogens is 394 g/mol. The summed E-state index contributed by atoms with van der Waals surface area (Å²) in [6.07, 6.45) is 0. The van der Waals surface area contributed by atoms with Crippen molar-refractivity contribution in [2.75, 3.05) is 12.4 Å². The maximum Gasteiger partial charge on any atom is 0.335 e. The van der Waals surface area contributed by atoms with E-state index in [0.29, 0.717) is 5.69 Å². The molecule has 0 saturated carbocycles. The van der Waals surface area contributed by atoms with Crippen LogP contribution in [0.2, 0.25) is 5.15 Å². The van der Waals surface area contributed by atoms with Gasteiger partial charge in [-0.25, -0.2) is 19.5 Å². The summed E-state index contributed by atoms with van der Waals surface area (Å²) in [7, 11) is -2.93. The fourth-order valence-corrected chi connectivity index (χ4v) is 4.08. The van der Waals surface area contributed by atoms with Crippen LogP contribution in [-0.2, 0) is 10.0 Å². The van der Waals surface area contributed by atoms with Gasteiger partial charge >= 0.3 is 6.03 Å². The third-order valence-corrected chi connectivity index (χ3v) is 5.19. The van der Waals surface area contributed by atoms with Gasteiger partial charge in [-0.15, -0.1) is 0 Å². The lowest BCUT2D eigenvalue weighted by atomic mass is 10.4. The van der Waals surface area contributed by atoms with E-state index in [1.165, 1.54) is 12.6 Å². The number of sulfonamides is 1. The molecule has 0 aliphatic heterocycles. The number of anilines is 1. The van der Waals surface area contributed by atoms with Crippen LogP contribution >= 0.6 is 22.9 Å². The van der Waals surface area contributed by atoms with E-state index in [1.807, 2.05) is 4.72 Å². The number of hydrogen-bond acceptors (Lipinski definition) is 9. The van der Waals surface area contributed by atoms with Gasteiger partial charge in [0.25, 0.3) is 10.0 Å². The van der Waals surface area contributed by atoms with Crippen molar-refractivity contribution in [3.63, 3.8) is 0 Å². The number of fused-ring (bicyclic) bond motifs is 1. The number of nitrogens with zero attached hydrogens (tertiary/aromatic N) is 5. The number of amides is 2. The number of rotatable bonds is 4. The van der Waals surface area contributed by atoms with E-state index in [0.717, 1.165) is 15.9 Å². The molecule has 3 aromatic heterocycles. The largest absolute Gasteiger partial charge is 0.481 e. The van der Waals surface area contributed by atoms with Gasteiger partial charge in [0.05, 0.1) is 7.11 Å². The Morgan fingerprint density at radius 2 is 2.12 bits per heavy atom. The molecule has 0 fully saturated rings. The first-order valence-electron chi connectivity index (χ1n) is 6.51. The standard InChI is InChI=1S/C11H10ClN7O4S2/c1-5-3-6(23-2)15-9(14-5)17-10(20)18-25(21,22)8-7(12)16-11-19(8)13-4-24-11/h3-4H,1-2H3,(H2,14,15,17,18,20). The first-order valence-corrected chi connectivity index (χ1v) is 9.25. The van der Waals surface area contributed by atoms with Gasteiger partial charge in [0, 0.05) is 11.8 Å². The molecular formula is C11H10ClN7O4S2. The zero-order chi connectivity index (χ0) is 18.2. The van der Waals surface area contributed by atoms with Crippen LogP contribution in [0.4, 0.5) is 10.7 Å². The number of methoxy groups -OCH3 is 1. The minimum absolute atomic E-state index is 0.122. The van der Waals surface area contributed by atoms with Crippen LogP contribution in [0.3, 0.4) is 0 Å². The van der Waals surface area contributed by atoms with E-state index in [2.05, 4.69) is 25.4 Å². The molecule has 14 heteroatoms. The first-order chi connectivity index (χ1) is 11.8. The number of aromatic nitrogens is 5. The van der Waals surface area contributed by atoms with Crippen LogP contribution in [0.5, 0.6) is 5.88 Å². The zero-order valence-electron chi connectivity index (χ0n) is 12.7. The predicted molar refractivity (Wildman–Crippen MR) is 88.5 cm³/mol. The highest BCUT2D eigenvalue weighted by Crippen LogP contribution is 2.23. The van der Waals surface area contributed by atoms with Crippen LogP contribution in [-0.4, -0.2) is 46.1 Å². The molecule has 0 radical (unpaired) electrons. The monoisotopic (exact) mass is 403 g/mol. The number of nitrogens with one attached hydrogen (secondary N) is 2. The van der Waals surface area contributed by atoms with Crippen LogP contribution < -0.4 is 14.8 Å². The molecule has 0 unspecified atom stereocenters. The molecule has 0 aliphatic rings. The Labute approximate surface area is 150 Å². The second kappa shape index (κ2) is 6.42. The minimum Gasteiger partial charge on any atom is -0.481 e. The van der Waals surface area contributed by atoms with Gasteiger partial charge in [0.1, 0.15) is 5.51 Å². The van der Waals surface area contributed by atoms with Crippen molar-refractivity contribution in [2.24, 2.45) is 0 Å². The summed E-state index contributed by atoms with van der Waals surface area (Å²) < 4.78 is 32.6. The van der Waals surface area contributed by atoms with Gasteiger partial charge in [-0.1, -0.05) is 22.9 Å². The third-order valence-electron chi connectivity index (χ3n) is 2.81. The second-order valence-electron chi connectivity index (χ2n) is 4.58. The summed E-state index contributed by atoms with van der Waals surface area (Å²) in [4.78, 5) is 24.0. The third kappa shape index (κ3) is 3.47. The zero-order valence-corrected chi connectivity index (χ0v) is 15.1. The van der Waals surface area contributed by atoms with Crippen molar-refractivity contribution in [3.8, 4) is 5.88 Å². The van der Waals surface area contributed by atoms with Crippen molar-refractivity contribution >= 4 is 49.9 Å². The number of hydrogen-bond donors (Lipinski definition) is 2. The Morgan fingerprint density at radius 3 is 2.84 bits per heavy atom. The molecule has 0 spiro atoms. The smallest absolute Gasteiger partial charge is 0.335 e. The Balaban J connectivity index is 1.84. The number of halogens is 1. The Kier molecular flexibility index (Phi) is 4.45. The van der Waals surface area contributed by atoms with Gasteiger partial charge in [0.15, 0.2) is 5.15 Å². The lowest BCUT2D eigenvalue weighted by Crippen LogP contribution is -2.35. The molecule has 0 bridgehead atoms. The second-order valence-corrected chi connectivity index (χ2v) is 7.34. The summed E-state index contributed by atoms with van der Waals surface area (Å²) in [5, 5.41) is 5.30. The summed E-state index contributed by atoms with van der Waals surface area (Å²) in [6, 6.07) is 0.471. The summed E-state index contributed by atoms with van der Waals surface area (Å²) in [5.74, 6) is 0.0939. The molecule has 2 amide bonds. The number of carbonyl (C=O) groups is 1. The molecule has 0 atom stereocenters. The number of ether oxygens (including phenoxy) is 1. The van der Waals surface area contributed by atoms with Crippen LogP contribution in [0.25, 0.3) is 4.96 Å². The fraction of sp³-hybridized carbons (Fsp3) is 0.182. The van der Waals surface area contributed by atoms with E-state index < -0.39 is 21.1 Å². The topological polar surface area (TPSA) is 140 Å². The molecule has 3 aromatic rings. The van der Waals surface area contributed by atoms with Crippen molar-refractivity contribution in [3.05, 3.63) is 22.4 Å². The maximum absolute atomic E-state index is 12.4. The maximum atomic E-state index is 12.4. The van der Waals surface area contributed by atoms with Crippen LogP contribution in [0, 0.1) is 6.92 Å². The Hall–Kier alpha value is -2.51. The SMILES string of the molecule is COc1cc(C)nc(NC(=O)NS(=O)(=O)c2c(Cl)nc3scnn23)n1. The quantitative estimate of drug-likeness (QED) is 0.658. The average Bonchev–Trinajstić information content (AvgIpc) is 3.04. The normalized spacial score (nSPS) is 11.5. The van der Waals surface area contributed by atoms with E-state index in [9.17, 15) is 13.2 Å². The number of aryl methyl sites for hydroxylation is 1. The van der Waals surface area contributed by atoms with Gasteiger partial charge in [-0.3, -0.25) is 5.32 Å². The van der Waals surface area contributed by atoms with Crippen molar-refractivity contribution in [2.45, 2.75) is 11.9 Å². The lowest BCUT2D eigenvalue weighted by Gasteiger charge is -2.08. The summed E-state index contributed by atoms with van der Waals surface area (Å²) >= 11 is 6.94. The summed E-state index contributed by atoms with van der Waals surface area (Å²) in [5.41, 5.74) is 1.91. The first kappa shape index (κ1) is 17.3. The number of urea groups is 1. The van der Waals surface area contributed by atoms with Gasteiger partial charge < -0.3 is 4.74 Å². The van der Waals surface area contributed by atoms with E-state index in [1.54, 1.807) is 13.0 Å². The van der Waals surface area contributed by atoms with E-state index >= 15 is 0 Å². The molecule has 11 nitrogen and oxygen atoms in total. The molecule has 2 N–H and O–H groups in total. The highest BCUT2D eigenvalue weighted by molar-refractivity contribution is 7.90. The summed E-state index contributed by atoms with van der Waals surface area (Å²) in [6.45, 7) is 1.66. The molecule has 132 valence electrons. The Morgan fingerprint density at radius 1 is 1.36 bits per heavy atom. The van der Waals surface area contributed by atoms with Gasteiger partial charge in [-0.2, -0.15) is 23.0 Å². The average molecular weight is 404 g/mol. The molecule has 0 aromatic carbocycles. The van der Waals surface area contributed by atoms with Gasteiger partial charge in [-0.05, 0) is 6.92 Å². The predicted octanol–water partition coefficient (Wildman–Crippen LogP) is 1.06.